The molecular weight excluding hydrogens is 436 g/mol. The second-order valence-corrected chi connectivity index (χ2v) is 9.61. The summed E-state index contributed by atoms with van der Waals surface area (Å²) in [7, 11) is 0. The maximum Gasteiger partial charge on any atom is 0.261 e. The van der Waals surface area contributed by atoms with E-state index in [1.807, 2.05) is 24.3 Å². The molecule has 3 aromatic heterocycles. The lowest BCUT2D eigenvalue weighted by atomic mass is 10.1. The van der Waals surface area contributed by atoms with Gasteiger partial charge in [0.2, 0.25) is 0 Å². The largest absolute Gasteiger partial charge is 0.378 e. The van der Waals surface area contributed by atoms with Crippen LogP contribution < -0.4 is 10.2 Å². The maximum absolute atomic E-state index is 12.7. The van der Waals surface area contributed by atoms with Gasteiger partial charge in [-0.1, -0.05) is 23.8 Å². The molecule has 8 nitrogen and oxygen atoms in total. The van der Waals surface area contributed by atoms with E-state index in [0.717, 1.165) is 53.1 Å². The SMILES string of the molecule is Cc1cccc(-c2cnn(-c3cc(N4CCOCC4)c4sc(C(=O)NC5CC5)cc4n3)n2)c1. The van der Waals surface area contributed by atoms with Crippen LogP contribution in [0.1, 0.15) is 28.1 Å². The van der Waals surface area contributed by atoms with Crippen molar-refractivity contribution in [2.24, 2.45) is 0 Å². The molecular formula is C24H24N6O2S. The van der Waals surface area contributed by atoms with Crippen LogP contribution in [0.2, 0.25) is 0 Å². The Bertz CT molecular complexity index is 1340. The highest BCUT2D eigenvalue weighted by molar-refractivity contribution is 7.21. The summed E-state index contributed by atoms with van der Waals surface area (Å²) in [6.07, 6.45) is 3.88. The monoisotopic (exact) mass is 460 g/mol. The Kier molecular flexibility index (Phi) is 5.07. The number of carbonyl (C=O) groups excluding carboxylic acids is 1. The lowest BCUT2D eigenvalue weighted by Gasteiger charge is -2.29. The number of nitrogens with one attached hydrogen (secondary N) is 1. The first kappa shape index (κ1) is 20.3. The molecule has 1 aromatic carbocycles. The summed E-state index contributed by atoms with van der Waals surface area (Å²) in [5.74, 6) is 0.615. The number of pyridine rings is 1. The van der Waals surface area contributed by atoms with E-state index in [4.69, 9.17) is 14.8 Å². The number of fused-ring (bicyclic) bond motifs is 1. The van der Waals surface area contributed by atoms with Gasteiger partial charge in [0.05, 0.1) is 40.2 Å². The highest BCUT2D eigenvalue weighted by Gasteiger charge is 2.26. The van der Waals surface area contributed by atoms with Gasteiger partial charge < -0.3 is 15.0 Å². The van der Waals surface area contributed by atoms with Crippen molar-refractivity contribution in [3.63, 3.8) is 0 Å². The van der Waals surface area contributed by atoms with Crippen molar-refractivity contribution < 1.29 is 9.53 Å². The fraction of sp³-hybridized carbons (Fsp3) is 0.333. The van der Waals surface area contributed by atoms with Gasteiger partial charge in [0, 0.05) is 30.8 Å². The number of benzene rings is 1. The molecule has 0 bridgehead atoms. The summed E-state index contributed by atoms with van der Waals surface area (Å²) in [4.78, 5) is 22.1. The summed E-state index contributed by atoms with van der Waals surface area (Å²) in [5, 5.41) is 12.3. The lowest BCUT2D eigenvalue weighted by Crippen LogP contribution is -2.36. The molecule has 6 rings (SSSR count). The van der Waals surface area contributed by atoms with Crippen LogP contribution in [0.5, 0.6) is 0 Å². The molecule has 1 saturated carbocycles. The van der Waals surface area contributed by atoms with E-state index < -0.39 is 0 Å². The smallest absolute Gasteiger partial charge is 0.261 e. The number of nitrogens with zero attached hydrogens (tertiary/aromatic N) is 5. The molecule has 1 N–H and O–H groups in total. The highest BCUT2D eigenvalue weighted by atomic mass is 32.1. The number of morpholine rings is 1. The normalized spacial score (nSPS) is 16.3. The molecule has 2 fully saturated rings. The van der Waals surface area contributed by atoms with Gasteiger partial charge in [-0.25, -0.2) is 4.98 Å². The van der Waals surface area contributed by atoms with Crippen molar-refractivity contribution >= 4 is 33.1 Å². The Balaban J connectivity index is 1.42. The Morgan fingerprint density at radius 1 is 1.18 bits per heavy atom. The highest BCUT2D eigenvalue weighted by Crippen LogP contribution is 2.35. The van der Waals surface area contributed by atoms with Crippen molar-refractivity contribution in [3.05, 3.63) is 53.0 Å². The Morgan fingerprint density at radius 3 is 2.82 bits per heavy atom. The first-order chi connectivity index (χ1) is 16.1. The molecule has 33 heavy (non-hydrogen) atoms. The molecule has 4 heterocycles. The second kappa shape index (κ2) is 8.24. The Morgan fingerprint density at radius 2 is 2.03 bits per heavy atom. The maximum atomic E-state index is 12.7. The summed E-state index contributed by atoms with van der Waals surface area (Å²) < 4.78 is 6.56. The van der Waals surface area contributed by atoms with E-state index in [1.54, 1.807) is 11.0 Å². The van der Waals surface area contributed by atoms with E-state index in [-0.39, 0.29) is 5.91 Å². The molecule has 1 saturated heterocycles. The number of ether oxygens (including phenoxy) is 1. The molecule has 1 aliphatic heterocycles. The topological polar surface area (TPSA) is 85.2 Å². The van der Waals surface area contributed by atoms with Crippen LogP contribution >= 0.6 is 11.3 Å². The van der Waals surface area contributed by atoms with Crippen LogP contribution in [-0.4, -0.2) is 58.2 Å². The number of amides is 1. The van der Waals surface area contributed by atoms with Crippen molar-refractivity contribution in [1.29, 1.82) is 0 Å². The molecule has 0 spiro atoms. The third-order valence-corrected chi connectivity index (χ3v) is 7.09. The van der Waals surface area contributed by atoms with Crippen LogP contribution in [0.15, 0.2) is 42.6 Å². The van der Waals surface area contributed by atoms with Gasteiger partial charge in [-0.2, -0.15) is 5.10 Å². The predicted octanol–water partition coefficient (Wildman–Crippen LogP) is 3.58. The molecule has 0 radical (unpaired) electrons. The number of rotatable bonds is 5. The standard InChI is InChI=1S/C24H24N6O2S/c1-15-3-2-4-16(11-15)19-14-25-30(28-19)22-13-20(29-7-9-32-10-8-29)23-18(27-22)12-21(33-23)24(31)26-17-5-6-17/h2-4,11-14,17H,5-10H2,1H3,(H,26,31). The second-order valence-electron chi connectivity index (χ2n) is 8.56. The van der Waals surface area contributed by atoms with E-state index in [1.165, 1.54) is 16.9 Å². The quantitative estimate of drug-likeness (QED) is 0.490. The van der Waals surface area contributed by atoms with Gasteiger partial charge in [0.25, 0.3) is 5.91 Å². The molecule has 4 aromatic rings. The molecule has 0 unspecified atom stereocenters. The summed E-state index contributed by atoms with van der Waals surface area (Å²) in [6.45, 7) is 5.00. The van der Waals surface area contributed by atoms with Crippen molar-refractivity contribution in [3.8, 4) is 17.1 Å². The van der Waals surface area contributed by atoms with Crippen molar-refractivity contribution in [2.45, 2.75) is 25.8 Å². The minimum Gasteiger partial charge on any atom is -0.378 e. The number of carbonyl (C=O) groups is 1. The summed E-state index contributed by atoms with van der Waals surface area (Å²) in [6, 6.07) is 12.4. The van der Waals surface area contributed by atoms with Gasteiger partial charge >= 0.3 is 0 Å². The van der Waals surface area contributed by atoms with Gasteiger partial charge in [-0.15, -0.1) is 21.2 Å². The number of hydrogen-bond acceptors (Lipinski definition) is 7. The fourth-order valence-electron chi connectivity index (χ4n) is 4.04. The minimum atomic E-state index is -0.0195. The zero-order valence-corrected chi connectivity index (χ0v) is 19.1. The zero-order chi connectivity index (χ0) is 22.4. The van der Waals surface area contributed by atoms with Gasteiger partial charge in [-0.05, 0) is 31.9 Å². The van der Waals surface area contributed by atoms with E-state index in [0.29, 0.717) is 30.0 Å². The van der Waals surface area contributed by atoms with Crippen LogP contribution in [0.3, 0.4) is 0 Å². The Hall–Kier alpha value is -3.30. The van der Waals surface area contributed by atoms with Crippen LogP contribution in [-0.2, 0) is 4.74 Å². The fourth-order valence-corrected chi connectivity index (χ4v) is 5.08. The molecule has 0 atom stereocenters. The molecule has 1 aliphatic carbocycles. The molecule has 168 valence electrons. The predicted molar refractivity (Wildman–Crippen MR) is 128 cm³/mol. The Labute approximate surface area is 195 Å². The lowest BCUT2D eigenvalue weighted by molar-refractivity contribution is 0.0955. The zero-order valence-electron chi connectivity index (χ0n) is 18.3. The molecule has 9 heteroatoms. The average Bonchev–Trinajstić information content (AvgIpc) is 3.33. The first-order valence-corrected chi connectivity index (χ1v) is 12.0. The number of hydrogen-bond donors (Lipinski definition) is 1. The van der Waals surface area contributed by atoms with Gasteiger partial charge in [0.1, 0.15) is 5.69 Å². The third kappa shape index (κ3) is 4.09. The van der Waals surface area contributed by atoms with Crippen molar-refractivity contribution in [1.82, 2.24) is 25.3 Å². The van der Waals surface area contributed by atoms with Crippen molar-refractivity contribution in [2.75, 3.05) is 31.2 Å². The van der Waals surface area contributed by atoms with E-state index in [9.17, 15) is 4.79 Å². The number of anilines is 1. The average molecular weight is 461 g/mol. The van der Waals surface area contributed by atoms with Crippen LogP contribution in [0.25, 0.3) is 27.3 Å². The first-order valence-electron chi connectivity index (χ1n) is 11.2. The summed E-state index contributed by atoms with van der Waals surface area (Å²) >= 11 is 1.50. The molecule has 2 aliphatic rings. The number of aryl methyl sites for hydroxylation is 1. The van der Waals surface area contributed by atoms with Crippen LogP contribution in [0, 0.1) is 6.92 Å². The third-order valence-electron chi connectivity index (χ3n) is 5.94. The van der Waals surface area contributed by atoms with Gasteiger partial charge in [0.15, 0.2) is 5.82 Å². The molecule has 1 amide bonds. The van der Waals surface area contributed by atoms with Crippen LogP contribution in [0.4, 0.5) is 5.69 Å². The van der Waals surface area contributed by atoms with E-state index >= 15 is 0 Å². The number of thiophene rings is 1. The van der Waals surface area contributed by atoms with Gasteiger partial charge in [-0.3, -0.25) is 4.79 Å². The minimum absolute atomic E-state index is 0.0195. The van der Waals surface area contributed by atoms with E-state index in [2.05, 4.69) is 34.4 Å². The number of aromatic nitrogens is 4. The summed E-state index contributed by atoms with van der Waals surface area (Å²) in [5.41, 5.74) is 4.82.